The molecule has 0 aliphatic heterocycles. The minimum absolute atomic E-state index is 0.124. The molecule has 0 amide bonds. The lowest BCUT2D eigenvalue weighted by atomic mass is 10.3. The Morgan fingerprint density at radius 1 is 1.18 bits per heavy atom. The van der Waals surface area contributed by atoms with E-state index in [4.69, 9.17) is 16.3 Å². The highest BCUT2D eigenvalue weighted by Crippen LogP contribution is 2.29. The minimum atomic E-state index is -3.94. The summed E-state index contributed by atoms with van der Waals surface area (Å²) in [7, 11) is -2.60. The van der Waals surface area contributed by atoms with Gasteiger partial charge in [-0.15, -0.1) is 0 Å². The van der Waals surface area contributed by atoms with Gasteiger partial charge in [0.05, 0.1) is 12.0 Å². The van der Waals surface area contributed by atoms with Gasteiger partial charge in [0.2, 0.25) is 0 Å². The number of halogens is 1. The second kappa shape index (κ2) is 6.20. The number of hydrogen-bond acceptors (Lipinski definition) is 5. The average Bonchev–Trinajstić information content (AvgIpc) is 2.47. The van der Waals surface area contributed by atoms with Crippen LogP contribution in [0.2, 0.25) is 5.02 Å². The molecule has 0 unspecified atom stereocenters. The highest BCUT2D eigenvalue weighted by atomic mass is 35.5. The molecule has 7 nitrogen and oxygen atoms in total. The number of nitro benzene ring substituents is 1. The summed E-state index contributed by atoms with van der Waals surface area (Å²) in [6, 6.07) is 9.20. The van der Waals surface area contributed by atoms with E-state index in [0.717, 1.165) is 0 Å². The molecule has 0 heterocycles. The fourth-order valence-electron chi connectivity index (χ4n) is 1.72. The van der Waals surface area contributed by atoms with Crippen LogP contribution in [-0.4, -0.2) is 20.5 Å². The van der Waals surface area contributed by atoms with Gasteiger partial charge in [-0.2, -0.15) is 0 Å². The molecule has 2 aromatic carbocycles. The lowest BCUT2D eigenvalue weighted by Crippen LogP contribution is -2.14. The maximum atomic E-state index is 12.4. The first-order valence-electron chi connectivity index (χ1n) is 5.94. The third-order valence-corrected chi connectivity index (χ3v) is 4.38. The van der Waals surface area contributed by atoms with Gasteiger partial charge in [-0.3, -0.25) is 14.8 Å². The summed E-state index contributed by atoms with van der Waals surface area (Å²) in [5.41, 5.74) is 0.0518. The average molecular weight is 343 g/mol. The molecule has 0 bridgehead atoms. The summed E-state index contributed by atoms with van der Waals surface area (Å²) in [5.74, 6) is 0.138. The Bertz CT molecular complexity index is 806. The van der Waals surface area contributed by atoms with Gasteiger partial charge in [0, 0.05) is 22.8 Å². The van der Waals surface area contributed by atoms with E-state index in [9.17, 15) is 18.5 Å². The van der Waals surface area contributed by atoms with Crippen LogP contribution in [0.25, 0.3) is 0 Å². The number of methoxy groups -OCH3 is 1. The summed E-state index contributed by atoms with van der Waals surface area (Å²) in [4.78, 5) is 9.88. The van der Waals surface area contributed by atoms with Crippen molar-refractivity contribution in [3.8, 4) is 5.75 Å². The first-order valence-corrected chi connectivity index (χ1v) is 7.80. The van der Waals surface area contributed by atoms with Gasteiger partial charge < -0.3 is 4.74 Å². The molecular weight excluding hydrogens is 332 g/mol. The molecule has 0 radical (unpaired) electrons. The summed E-state index contributed by atoms with van der Waals surface area (Å²) in [6.45, 7) is 0. The zero-order chi connectivity index (χ0) is 16.3. The molecule has 116 valence electrons. The van der Waals surface area contributed by atoms with Crippen molar-refractivity contribution in [3.63, 3.8) is 0 Å². The molecule has 0 saturated heterocycles. The zero-order valence-corrected chi connectivity index (χ0v) is 12.9. The molecule has 9 heteroatoms. The summed E-state index contributed by atoms with van der Waals surface area (Å²) in [6.07, 6.45) is 0. The number of benzene rings is 2. The monoisotopic (exact) mass is 342 g/mol. The summed E-state index contributed by atoms with van der Waals surface area (Å²) >= 11 is 5.82. The van der Waals surface area contributed by atoms with Gasteiger partial charge in [-0.25, -0.2) is 8.42 Å². The predicted molar refractivity (Wildman–Crippen MR) is 81.9 cm³/mol. The molecule has 2 aromatic rings. The van der Waals surface area contributed by atoms with Crippen molar-refractivity contribution >= 4 is 33.0 Å². The summed E-state index contributed by atoms with van der Waals surface area (Å²) < 4.78 is 32.1. The van der Waals surface area contributed by atoms with Crippen molar-refractivity contribution in [2.24, 2.45) is 0 Å². The van der Waals surface area contributed by atoms with E-state index in [-0.39, 0.29) is 27.0 Å². The second-order valence-corrected chi connectivity index (χ2v) is 6.29. The smallest absolute Gasteiger partial charge is 0.269 e. The van der Waals surface area contributed by atoms with Gasteiger partial charge in [0.25, 0.3) is 15.7 Å². The lowest BCUT2D eigenvalue weighted by molar-refractivity contribution is -0.384. The molecule has 0 aromatic heterocycles. The van der Waals surface area contributed by atoms with Crippen molar-refractivity contribution in [2.75, 3.05) is 11.8 Å². The van der Waals surface area contributed by atoms with Crippen LogP contribution < -0.4 is 9.46 Å². The third-order valence-electron chi connectivity index (χ3n) is 2.75. The van der Waals surface area contributed by atoms with Gasteiger partial charge in [-0.05, 0) is 30.3 Å². The number of sulfonamides is 1. The van der Waals surface area contributed by atoms with Gasteiger partial charge in [0.15, 0.2) is 0 Å². The molecule has 1 N–H and O–H groups in total. The number of hydrogen-bond donors (Lipinski definition) is 1. The van der Waals surface area contributed by atoms with Crippen molar-refractivity contribution in [3.05, 3.63) is 57.6 Å². The second-order valence-electron chi connectivity index (χ2n) is 4.20. The Morgan fingerprint density at radius 3 is 2.36 bits per heavy atom. The van der Waals surface area contributed by atoms with E-state index in [1.54, 1.807) is 0 Å². The quantitative estimate of drug-likeness (QED) is 0.665. The van der Waals surface area contributed by atoms with Crippen LogP contribution in [0.5, 0.6) is 5.75 Å². The van der Waals surface area contributed by atoms with E-state index in [1.165, 1.54) is 49.6 Å². The zero-order valence-electron chi connectivity index (χ0n) is 11.3. The number of non-ortho nitro benzene ring substituents is 1. The van der Waals surface area contributed by atoms with Crippen molar-refractivity contribution in [2.45, 2.75) is 4.90 Å². The van der Waals surface area contributed by atoms with E-state index in [2.05, 4.69) is 4.72 Å². The van der Waals surface area contributed by atoms with Crippen LogP contribution in [0.1, 0.15) is 0 Å². The van der Waals surface area contributed by atoms with Crippen LogP contribution >= 0.6 is 11.6 Å². The van der Waals surface area contributed by atoms with Gasteiger partial charge in [0.1, 0.15) is 10.6 Å². The van der Waals surface area contributed by atoms with Crippen LogP contribution in [0.15, 0.2) is 47.4 Å². The number of nitrogens with one attached hydrogen (secondary N) is 1. The molecule has 0 fully saturated rings. The van der Waals surface area contributed by atoms with Crippen molar-refractivity contribution < 1.29 is 18.1 Å². The largest absolute Gasteiger partial charge is 0.495 e. The topological polar surface area (TPSA) is 98.5 Å². The number of nitrogens with zero attached hydrogens (tertiary/aromatic N) is 1. The Hall–Kier alpha value is -2.32. The van der Waals surface area contributed by atoms with Crippen LogP contribution in [0, 0.1) is 10.1 Å². The molecule has 0 aliphatic rings. The van der Waals surface area contributed by atoms with Crippen molar-refractivity contribution in [1.82, 2.24) is 0 Å². The first kappa shape index (κ1) is 16.1. The van der Waals surface area contributed by atoms with Crippen LogP contribution in [-0.2, 0) is 10.0 Å². The van der Waals surface area contributed by atoms with Gasteiger partial charge >= 0.3 is 0 Å². The number of rotatable bonds is 5. The van der Waals surface area contributed by atoms with Crippen LogP contribution in [0.3, 0.4) is 0 Å². The Labute approximate surface area is 131 Å². The third kappa shape index (κ3) is 3.46. The Kier molecular flexibility index (Phi) is 4.53. The van der Waals surface area contributed by atoms with Crippen molar-refractivity contribution in [1.29, 1.82) is 0 Å². The molecule has 0 aliphatic carbocycles. The van der Waals surface area contributed by atoms with Gasteiger partial charge in [-0.1, -0.05) is 11.6 Å². The fraction of sp³-hybridized carbons (Fsp3) is 0.0769. The normalized spacial score (nSPS) is 11.0. The summed E-state index contributed by atoms with van der Waals surface area (Å²) in [5, 5.41) is 10.8. The first-order chi connectivity index (χ1) is 10.3. The minimum Gasteiger partial charge on any atom is -0.495 e. The Balaban J connectivity index is 2.35. The lowest BCUT2D eigenvalue weighted by Gasteiger charge is -2.11. The molecule has 0 saturated carbocycles. The fourth-order valence-corrected chi connectivity index (χ4v) is 3.21. The molecular formula is C13H11ClN2O5S. The standard InChI is InChI=1S/C13H11ClN2O5S/c1-21-12-7-2-9(14)8-13(12)22(19,20)15-10-3-5-11(6-4-10)16(17)18/h2-8,15H,1H3. The molecule has 22 heavy (non-hydrogen) atoms. The maximum absolute atomic E-state index is 12.4. The molecule has 2 rings (SSSR count). The maximum Gasteiger partial charge on any atom is 0.269 e. The number of nitro groups is 1. The highest BCUT2D eigenvalue weighted by molar-refractivity contribution is 7.92. The van der Waals surface area contributed by atoms with E-state index >= 15 is 0 Å². The molecule has 0 spiro atoms. The van der Waals surface area contributed by atoms with E-state index < -0.39 is 14.9 Å². The molecule has 0 atom stereocenters. The SMILES string of the molecule is COc1ccc(Cl)cc1S(=O)(=O)Nc1ccc([N+](=O)[O-])cc1. The van der Waals surface area contributed by atoms with E-state index in [1.807, 2.05) is 0 Å². The number of anilines is 1. The predicted octanol–water partition coefficient (Wildman–Crippen LogP) is 3.06. The van der Waals surface area contributed by atoms with E-state index in [0.29, 0.717) is 0 Å². The van der Waals surface area contributed by atoms with Crippen LogP contribution in [0.4, 0.5) is 11.4 Å². The Morgan fingerprint density at radius 2 is 1.82 bits per heavy atom. The highest BCUT2D eigenvalue weighted by Gasteiger charge is 2.20. The number of ether oxygens (including phenoxy) is 1.